The van der Waals surface area contributed by atoms with Crippen LogP contribution in [0.5, 0.6) is 5.75 Å². The molecule has 3 aromatic rings. The van der Waals surface area contributed by atoms with E-state index in [-0.39, 0.29) is 5.91 Å². The summed E-state index contributed by atoms with van der Waals surface area (Å²) in [6.07, 6.45) is 2.52. The molecule has 1 fully saturated rings. The number of aromatic nitrogens is 4. The summed E-state index contributed by atoms with van der Waals surface area (Å²) in [5.74, 6) is 0.814. The van der Waals surface area contributed by atoms with E-state index in [1.54, 1.807) is 25.3 Å². The van der Waals surface area contributed by atoms with Crippen molar-refractivity contribution in [1.29, 1.82) is 0 Å². The minimum atomic E-state index is -0.145. The van der Waals surface area contributed by atoms with E-state index in [1.807, 2.05) is 24.3 Å². The van der Waals surface area contributed by atoms with Gasteiger partial charge in [-0.25, -0.2) is 4.68 Å². The predicted octanol–water partition coefficient (Wildman–Crippen LogP) is 2.00. The molecule has 2 heterocycles. The van der Waals surface area contributed by atoms with E-state index in [1.165, 1.54) is 11.0 Å². The molecule has 1 amide bonds. The SMILES string of the molecule is COc1cc(NC(=O)c2ccccc2C2CCNC2)cc(-n2cnnn2)c1. The van der Waals surface area contributed by atoms with Gasteiger partial charge < -0.3 is 15.4 Å². The van der Waals surface area contributed by atoms with Crippen LogP contribution in [0.3, 0.4) is 0 Å². The second-order valence-corrected chi connectivity index (χ2v) is 6.41. The molecule has 0 spiro atoms. The second-order valence-electron chi connectivity index (χ2n) is 6.41. The van der Waals surface area contributed by atoms with Gasteiger partial charge in [-0.3, -0.25) is 4.79 Å². The maximum Gasteiger partial charge on any atom is 0.255 e. The van der Waals surface area contributed by atoms with Gasteiger partial charge in [0.15, 0.2) is 0 Å². The summed E-state index contributed by atoms with van der Waals surface area (Å²) in [4.78, 5) is 13.0. The summed E-state index contributed by atoms with van der Waals surface area (Å²) in [6, 6.07) is 13.1. The van der Waals surface area contributed by atoms with Crippen LogP contribution in [0.2, 0.25) is 0 Å². The van der Waals surface area contributed by atoms with Crippen molar-refractivity contribution in [2.75, 3.05) is 25.5 Å². The van der Waals surface area contributed by atoms with Crippen molar-refractivity contribution in [2.24, 2.45) is 0 Å². The largest absolute Gasteiger partial charge is 0.497 e. The van der Waals surface area contributed by atoms with E-state index in [4.69, 9.17) is 4.74 Å². The fourth-order valence-corrected chi connectivity index (χ4v) is 3.36. The quantitative estimate of drug-likeness (QED) is 0.719. The van der Waals surface area contributed by atoms with Crippen molar-refractivity contribution >= 4 is 11.6 Å². The Bertz CT molecular complexity index is 935. The van der Waals surface area contributed by atoms with E-state index in [9.17, 15) is 4.79 Å². The van der Waals surface area contributed by atoms with Crippen LogP contribution in [0.4, 0.5) is 5.69 Å². The molecule has 8 nitrogen and oxygen atoms in total. The van der Waals surface area contributed by atoms with E-state index in [0.717, 1.165) is 25.1 Å². The number of tetrazole rings is 1. The molecule has 2 N–H and O–H groups in total. The zero-order valence-corrected chi connectivity index (χ0v) is 14.9. The van der Waals surface area contributed by atoms with E-state index in [2.05, 4.69) is 26.2 Å². The van der Waals surface area contributed by atoms with Crippen LogP contribution < -0.4 is 15.4 Å². The third-order valence-corrected chi connectivity index (χ3v) is 4.70. The van der Waals surface area contributed by atoms with Gasteiger partial charge in [-0.15, -0.1) is 5.10 Å². The highest BCUT2D eigenvalue weighted by atomic mass is 16.5. The Labute approximate surface area is 156 Å². The number of carbonyl (C=O) groups excluding carboxylic acids is 1. The molecule has 1 aliphatic heterocycles. The molecule has 1 unspecified atom stereocenters. The van der Waals surface area contributed by atoms with Gasteiger partial charge in [0.25, 0.3) is 5.91 Å². The Kier molecular flexibility index (Phi) is 4.80. The zero-order valence-electron chi connectivity index (χ0n) is 14.9. The van der Waals surface area contributed by atoms with Crippen molar-refractivity contribution in [1.82, 2.24) is 25.5 Å². The molecule has 0 aliphatic carbocycles. The maximum atomic E-state index is 13.0. The second kappa shape index (κ2) is 7.55. The molecule has 4 rings (SSSR count). The van der Waals surface area contributed by atoms with Gasteiger partial charge in [-0.2, -0.15) is 0 Å². The van der Waals surface area contributed by atoms with Crippen LogP contribution >= 0.6 is 0 Å². The van der Waals surface area contributed by atoms with E-state index >= 15 is 0 Å². The summed E-state index contributed by atoms with van der Waals surface area (Å²) >= 11 is 0. The van der Waals surface area contributed by atoms with Gasteiger partial charge in [0, 0.05) is 29.9 Å². The first-order chi connectivity index (χ1) is 13.2. The number of rotatable bonds is 5. The van der Waals surface area contributed by atoms with Crippen LogP contribution in [0, 0.1) is 0 Å². The molecule has 0 radical (unpaired) electrons. The minimum Gasteiger partial charge on any atom is -0.497 e. The third-order valence-electron chi connectivity index (χ3n) is 4.70. The first-order valence-electron chi connectivity index (χ1n) is 8.78. The molecule has 27 heavy (non-hydrogen) atoms. The molecule has 0 bridgehead atoms. The Morgan fingerprint density at radius 2 is 2.19 bits per heavy atom. The lowest BCUT2D eigenvalue weighted by atomic mass is 9.93. The summed E-state index contributed by atoms with van der Waals surface area (Å²) in [5.41, 5.74) is 3.08. The Balaban J connectivity index is 1.63. The van der Waals surface area contributed by atoms with Gasteiger partial charge in [0.1, 0.15) is 12.1 Å². The zero-order chi connectivity index (χ0) is 18.6. The molecular formula is C19H20N6O2. The number of carbonyl (C=O) groups is 1. The standard InChI is InChI=1S/C19H20N6O2/c1-27-16-9-14(8-15(10-16)25-12-21-23-24-25)22-19(26)18-5-3-2-4-17(18)13-6-7-20-11-13/h2-5,8-10,12-13,20H,6-7,11H2,1H3,(H,22,26). The van der Waals surface area contributed by atoms with Crippen molar-refractivity contribution in [3.63, 3.8) is 0 Å². The van der Waals surface area contributed by atoms with E-state index in [0.29, 0.717) is 28.6 Å². The molecule has 8 heteroatoms. The Morgan fingerprint density at radius 3 is 2.93 bits per heavy atom. The van der Waals surface area contributed by atoms with Crippen molar-refractivity contribution < 1.29 is 9.53 Å². The van der Waals surface area contributed by atoms with Crippen LogP contribution in [0.25, 0.3) is 5.69 Å². The number of ether oxygens (including phenoxy) is 1. The Hall–Kier alpha value is -3.26. The summed E-state index contributed by atoms with van der Waals surface area (Å²) < 4.78 is 6.85. The van der Waals surface area contributed by atoms with E-state index < -0.39 is 0 Å². The van der Waals surface area contributed by atoms with Crippen molar-refractivity contribution in [3.8, 4) is 11.4 Å². The highest BCUT2D eigenvalue weighted by Crippen LogP contribution is 2.27. The smallest absolute Gasteiger partial charge is 0.255 e. The highest BCUT2D eigenvalue weighted by molar-refractivity contribution is 6.05. The predicted molar refractivity (Wildman–Crippen MR) is 100 cm³/mol. The summed E-state index contributed by atoms with van der Waals surface area (Å²) in [5, 5.41) is 17.5. The Morgan fingerprint density at radius 1 is 1.30 bits per heavy atom. The molecule has 1 atom stereocenters. The number of anilines is 1. The highest BCUT2D eigenvalue weighted by Gasteiger charge is 2.22. The molecule has 0 saturated carbocycles. The summed E-state index contributed by atoms with van der Waals surface area (Å²) in [7, 11) is 1.58. The lowest BCUT2D eigenvalue weighted by Crippen LogP contribution is -2.17. The molecule has 138 valence electrons. The molecule has 1 aliphatic rings. The number of hydrogen-bond acceptors (Lipinski definition) is 6. The number of nitrogens with zero attached hydrogens (tertiary/aromatic N) is 4. The van der Waals surface area contributed by atoms with Crippen LogP contribution in [-0.2, 0) is 0 Å². The first-order valence-corrected chi connectivity index (χ1v) is 8.78. The maximum absolute atomic E-state index is 13.0. The normalized spacial score (nSPS) is 16.3. The molecular weight excluding hydrogens is 344 g/mol. The minimum absolute atomic E-state index is 0.145. The van der Waals surface area contributed by atoms with Gasteiger partial charge in [-0.05, 0) is 47.0 Å². The number of benzene rings is 2. The molecule has 1 aromatic heterocycles. The van der Waals surface area contributed by atoms with Crippen LogP contribution in [0.15, 0.2) is 48.8 Å². The fraction of sp³-hybridized carbons (Fsp3) is 0.263. The number of nitrogens with one attached hydrogen (secondary N) is 2. The lowest BCUT2D eigenvalue weighted by molar-refractivity contribution is 0.102. The average Bonchev–Trinajstić information content (AvgIpc) is 3.41. The number of hydrogen-bond donors (Lipinski definition) is 2. The first kappa shape index (κ1) is 17.2. The monoisotopic (exact) mass is 364 g/mol. The van der Waals surface area contributed by atoms with Gasteiger partial charge in [0.05, 0.1) is 12.8 Å². The van der Waals surface area contributed by atoms with Gasteiger partial charge in [0.2, 0.25) is 0 Å². The average molecular weight is 364 g/mol. The van der Waals surface area contributed by atoms with Crippen LogP contribution in [0.1, 0.15) is 28.3 Å². The summed E-state index contributed by atoms with van der Waals surface area (Å²) in [6.45, 7) is 1.87. The molecule has 1 saturated heterocycles. The lowest BCUT2D eigenvalue weighted by Gasteiger charge is -2.15. The third kappa shape index (κ3) is 3.65. The number of methoxy groups -OCH3 is 1. The number of amides is 1. The van der Waals surface area contributed by atoms with Gasteiger partial charge >= 0.3 is 0 Å². The fourth-order valence-electron chi connectivity index (χ4n) is 3.36. The van der Waals surface area contributed by atoms with Crippen LogP contribution in [-0.4, -0.2) is 46.3 Å². The van der Waals surface area contributed by atoms with Crippen molar-refractivity contribution in [2.45, 2.75) is 12.3 Å². The van der Waals surface area contributed by atoms with Crippen molar-refractivity contribution in [3.05, 3.63) is 59.9 Å². The van der Waals surface area contributed by atoms with Gasteiger partial charge in [-0.1, -0.05) is 18.2 Å². The molecule has 2 aromatic carbocycles. The topological polar surface area (TPSA) is 94.0 Å².